The van der Waals surface area contributed by atoms with Gasteiger partial charge in [-0.15, -0.1) is 11.3 Å². The molecular formula is C12H20N2O3S2. The third kappa shape index (κ3) is 3.55. The first kappa shape index (κ1) is 14.9. The first-order chi connectivity index (χ1) is 9.04. The smallest absolute Gasteiger partial charge is 0.241 e. The maximum Gasteiger partial charge on any atom is 0.241 e. The Balaban J connectivity index is 2.03. The molecule has 108 valence electrons. The molecule has 0 spiro atoms. The molecule has 7 heteroatoms. The summed E-state index contributed by atoms with van der Waals surface area (Å²) in [5.41, 5.74) is 0. The zero-order valence-electron chi connectivity index (χ0n) is 11.2. The van der Waals surface area contributed by atoms with Gasteiger partial charge in [0.25, 0.3) is 0 Å². The van der Waals surface area contributed by atoms with E-state index in [4.69, 9.17) is 4.74 Å². The molecule has 5 nitrogen and oxygen atoms in total. The van der Waals surface area contributed by atoms with Crippen molar-refractivity contribution in [3.63, 3.8) is 0 Å². The molecular weight excluding hydrogens is 284 g/mol. The Labute approximate surface area is 118 Å². The van der Waals surface area contributed by atoms with Crippen LogP contribution in [-0.2, 0) is 21.3 Å². The van der Waals surface area contributed by atoms with Crippen molar-refractivity contribution >= 4 is 21.4 Å². The summed E-state index contributed by atoms with van der Waals surface area (Å²) in [6.07, 6.45) is 1.04. The summed E-state index contributed by atoms with van der Waals surface area (Å²) in [5.74, 6) is 0.265. The van der Waals surface area contributed by atoms with E-state index in [1.54, 1.807) is 13.1 Å². The molecule has 2 N–H and O–H groups in total. The van der Waals surface area contributed by atoms with E-state index < -0.39 is 10.0 Å². The van der Waals surface area contributed by atoms with Crippen molar-refractivity contribution in [3.8, 4) is 0 Å². The van der Waals surface area contributed by atoms with Gasteiger partial charge in [0.05, 0.1) is 11.0 Å². The lowest BCUT2D eigenvalue weighted by Crippen LogP contribution is -2.32. The van der Waals surface area contributed by atoms with Crippen LogP contribution in [0.3, 0.4) is 0 Å². The van der Waals surface area contributed by atoms with Crippen LogP contribution in [0.15, 0.2) is 16.3 Å². The van der Waals surface area contributed by atoms with Gasteiger partial charge in [-0.25, -0.2) is 13.1 Å². The van der Waals surface area contributed by atoms with Crippen molar-refractivity contribution in [1.29, 1.82) is 0 Å². The summed E-state index contributed by atoms with van der Waals surface area (Å²) in [5, 5.41) is 4.79. The molecule has 1 aliphatic heterocycles. The Bertz CT molecular complexity index is 513. The maximum absolute atomic E-state index is 12.3. The summed E-state index contributed by atoms with van der Waals surface area (Å²) in [6, 6.07) is 1.66. The fraction of sp³-hybridized carbons (Fsp3) is 0.667. The van der Waals surface area contributed by atoms with Crippen molar-refractivity contribution in [2.75, 3.05) is 20.2 Å². The zero-order chi connectivity index (χ0) is 13.9. The Morgan fingerprint density at radius 1 is 1.53 bits per heavy atom. The SMILES string of the molecule is CNCc1sccc1S(=O)(=O)NCC1CCOC1C. The van der Waals surface area contributed by atoms with Crippen LogP contribution in [-0.4, -0.2) is 34.7 Å². The molecule has 1 saturated heterocycles. The van der Waals surface area contributed by atoms with E-state index in [9.17, 15) is 8.42 Å². The highest BCUT2D eigenvalue weighted by molar-refractivity contribution is 7.89. The monoisotopic (exact) mass is 304 g/mol. The Kier molecular flexibility index (Phi) is 4.97. The molecule has 1 aliphatic rings. The van der Waals surface area contributed by atoms with Crippen molar-refractivity contribution in [2.45, 2.75) is 30.9 Å². The van der Waals surface area contributed by atoms with Crippen LogP contribution in [0.4, 0.5) is 0 Å². The fourth-order valence-electron chi connectivity index (χ4n) is 2.20. The first-order valence-corrected chi connectivity index (χ1v) is 8.73. The van der Waals surface area contributed by atoms with E-state index in [0.717, 1.165) is 17.9 Å². The molecule has 2 heterocycles. The molecule has 0 saturated carbocycles. The molecule has 0 amide bonds. The predicted molar refractivity (Wildman–Crippen MR) is 75.8 cm³/mol. The van der Waals surface area contributed by atoms with Gasteiger partial charge in [-0.1, -0.05) is 0 Å². The second-order valence-electron chi connectivity index (χ2n) is 4.71. The van der Waals surface area contributed by atoms with Crippen molar-refractivity contribution in [2.24, 2.45) is 5.92 Å². The van der Waals surface area contributed by atoms with E-state index in [-0.39, 0.29) is 12.0 Å². The topological polar surface area (TPSA) is 67.4 Å². The van der Waals surface area contributed by atoms with Gasteiger partial charge in [-0.3, -0.25) is 0 Å². The zero-order valence-corrected chi connectivity index (χ0v) is 12.8. The quantitative estimate of drug-likeness (QED) is 0.828. The number of hydrogen-bond donors (Lipinski definition) is 2. The summed E-state index contributed by atoms with van der Waals surface area (Å²) < 4.78 is 32.7. The van der Waals surface area contributed by atoms with Gasteiger partial charge in [-0.05, 0) is 31.8 Å². The van der Waals surface area contributed by atoms with Crippen molar-refractivity contribution < 1.29 is 13.2 Å². The molecule has 1 fully saturated rings. The van der Waals surface area contributed by atoms with Crippen LogP contribution in [0.1, 0.15) is 18.2 Å². The van der Waals surface area contributed by atoms with Gasteiger partial charge >= 0.3 is 0 Å². The highest BCUT2D eigenvalue weighted by atomic mass is 32.2. The van der Waals surface area contributed by atoms with Crippen molar-refractivity contribution in [3.05, 3.63) is 16.3 Å². The van der Waals surface area contributed by atoms with Gasteiger partial charge in [0, 0.05) is 30.5 Å². The molecule has 1 aromatic rings. The summed E-state index contributed by atoms with van der Waals surface area (Å²) in [7, 11) is -1.61. The third-order valence-corrected chi connectivity index (χ3v) is 5.96. The lowest BCUT2D eigenvalue weighted by Gasteiger charge is -2.15. The number of nitrogens with one attached hydrogen (secondary N) is 2. The first-order valence-electron chi connectivity index (χ1n) is 6.37. The molecule has 19 heavy (non-hydrogen) atoms. The Morgan fingerprint density at radius 2 is 2.32 bits per heavy atom. The molecule has 0 aromatic carbocycles. The molecule has 0 bridgehead atoms. The predicted octanol–water partition coefficient (Wildman–Crippen LogP) is 1.17. The van der Waals surface area contributed by atoms with Crippen LogP contribution in [0.5, 0.6) is 0 Å². The van der Waals surface area contributed by atoms with Gasteiger partial charge in [-0.2, -0.15) is 0 Å². The van der Waals surface area contributed by atoms with E-state index >= 15 is 0 Å². The van der Waals surface area contributed by atoms with Gasteiger partial charge in [0.15, 0.2) is 0 Å². The minimum atomic E-state index is -3.42. The minimum absolute atomic E-state index is 0.127. The summed E-state index contributed by atoms with van der Waals surface area (Å²) in [4.78, 5) is 1.23. The van der Waals surface area contributed by atoms with Gasteiger partial charge < -0.3 is 10.1 Å². The second kappa shape index (κ2) is 6.32. The second-order valence-corrected chi connectivity index (χ2v) is 7.45. The maximum atomic E-state index is 12.3. The summed E-state index contributed by atoms with van der Waals surface area (Å²) >= 11 is 1.45. The number of hydrogen-bond acceptors (Lipinski definition) is 5. The van der Waals surface area contributed by atoms with E-state index in [1.165, 1.54) is 11.3 Å². The van der Waals surface area contributed by atoms with Crippen LogP contribution in [0.25, 0.3) is 0 Å². The van der Waals surface area contributed by atoms with Crippen LogP contribution < -0.4 is 10.0 Å². The number of thiophene rings is 1. The largest absolute Gasteiger partial charge is 0.378 e. The molecule has 2 atom stereocenters. The standard InChI is InChI=1S/C12H20N2O3S2/c1-9-10(3-5-17-9)7-14-19(15,16)12-4-6-18-11(12)8-13-2/h4,6,9-10,13-14H,3,5,7-8H2,1-2H3. The molecule has 0 aliphatic carbocycles. The highest BCUT2D eigenvalue weighted by Gasteiger charge is 2.27. The average Bonchev–Trinajstić information content (AvgIpc) is 2.97. The van der Waals surface area contributed by atoms with E-state index in [0.29, 0.717) is 18.0 Å². The number of sulfonamides is 1. The van der Waals surface area contributed by atoms with Crippen LogP contribution in [0, 0.1) is 5.92 Å². The van der Waals surface area contributed by atoms with Crippen LogP contribution in [0.2, 0.25) is 0 Å². The van der Waals surface area contributed by atoms with Crippen molar-refractivity contribution in [1.82, 2.24) is 10.0 Å². The molecule has 2 rings (SSSR count). The number of ether oxygens (including phenoxy) is 1. The molecule has 2 unspecified atom stereocenters. The third-order valence-electron chi connectivity index (χ3n) is 3.40. The Morgan fingerprint density at radius 3 is 2.95 bits per heavy atom. The Hall–Kier alpha value is -0.470. The average molecular weight is 304 g/mol. The molecule has 0 radical (unpaired) electrons. The van der Waals surface area contributed by atoms with E-state index in [2.05, 4.69) is 10.0 Å². The normalized spacial score (nSPS) is 23.9. The molecule has 1 aromatic heterocycles. The highest BCUT2D eigenvalue weighted by Crippen LogP contribution is 2.23. The summed E-state index contributed by atoms with van der Waals surface area (Å²) in [6.45, 7) is 3.72. The van der Waals surface area contributed by atoms with Gasteiger partial charge in [0.2, 0.25) is 10.0 Å². The lowest BCUT2D eigenvalue weighted by atomic mass is 10.0. The van der Waals surface area contributed by atoms with E-state index in [1.807, 2.05) is 12.3 Å². The lowest BCUT2D eigenvalue weighted by molar-refractivity contribution is 0.107. The fourth-order valence-corrected chi connectivity index (χ4v) is 4.74. The minimum Gasteiger partial charge on any atom is -0.378 e. The number of rotatable bonds is 6. The van der Waals surface area contributed by atoms with Gasteiger partial charge in [0.1, 0.15) is 0 Å². The van der Waals surface area contributed by atoms with Crippen LogP contribution >= 0.6 is 11.3 Å².